The van der Waals surface area contributed by atoms with Crippen molar-refractivity contribution in [2.24, 2.45) is 5.92 Å². The number of hydrogen-bond donors (Lipinski definition) is 1. The van der Waals surface area contributed by atoms with Crippen LogP contribution >= 0.6 is 0 Å². The van der Waals surface area contributed by atoms with Gasteiger partial charge in [0.15, 0.2) is 0 Å². The molecule has 0 spiro atoms. The first-order valence-corrected chi connectivity index (χ1v) is 8.00. The van der Waals surface area contributed by atoms with Crippen LogP contribution < -0.4 is 5.32 Å². The third kappa shape index (κ3) is 6.46. The molecule has 2 amide bonds. The van der Waals surface area contributed by atoms with E-state index in [2.05, 4.69) is 5.32 Å². The van der Waals surface area contributed by atoms with Gasteiger partial charge in [-0.15, -0.1) is 0 Å². The summed E-state index contributed by atoms with van der Waals surface area (Å²) in [7, 11) is 1.26. The monoisotopic (exact) mass is 328 g/mol. The molecule has 0 aromatic carbocycles. The number of amides is 2. The summed E-state index contributed by atoms with van der Waals surface area (Å²) in [5.74, 6) is -1.70. The number of carbonyl (C=O) groups is 3. The van der Waals surface area contributed by atoms with Crippen molar-refractivity contribution < 1.29 is 23.9 Å². The summed E-state index contributed by atoms with van der Waals surface area (Å²) in [4.78, 5) is 37.9. The maximum atomic E-state index is 12.5. The lowest BCUT2D eigenvalue weighted by Gasteiger charge is -2.25. The minimum atomic E-state index is -0.900. The Bertz CT molecular complexity index is 438. The molecule has 1 N–H and O–H groups in total. The van der Waals surface area contributed by atoms with Crippen LogP contribution in [0, 0.1) is 5.92 Å². The molecule has 0 bridgehead atoms. The first kappa shape index (κ1) is 19.3. The van der Waals surface area contributed by atoms with Crippen LogP contribution in [0.15, 0.2) is 0 Å². The SMILES string of the molecule is COC(=O)C(CC(C)NC(=O)OC(C)(C)C)C(=O)N1CCCC1. The van der Waals surface area contributed by atoms with E-state index >= 15 is 0 Å². The second-order valence-corrected chi connectivity index (χ2v) is 6.89. The van der Waals surface area contributed by atoms with Crippen molar-refractivity contribution >= 4 is 18.0 Å². The first-order valence-electron chi connectivity index (χ1n) is 8.00. The van der Waals surface area contributed by atoms with Gasteiger partial charge >= 0.3 is 12.1 Å². The highest BCUT2D eigenvalue weighted by Gasteiger charge is 2.34. The average Bonchev–Trinajstić information content (AvgIpc) is 2.95. The molecule has 23 heavy (non-hydrogen) atoms. The Balaban J connectivity index is 2.64. The largest absolute Gasteiger partial charge is 0.468 e. The quantitative estimate of drug-likeness (QED) is 0.613. The second kappa shape index (κ2) is 8.17. The molecule has 0 aromatic heterocycles. The number of carbonyl (C=O) groups excluding carboxylic acids is 3. The van der Waals surface area contributed by atoms with Gasteiger partial charge in [-0.05, 0) is 47.0 Å². The van der Waals surface area contributed by atoms with Crippen LogP contribution in [0.2, 0.25) is 0 Å². The van der Waals surface area contributed by atoms with Crippen LogP contribution in [-0.4, -0.2) is 54.7 Å². The van der Waals surface area contributed by atoms with E-state index in [0.29, 0.717) is 13.1 Å². The number of alkyl carbamates (subject to hydrolysis) is 1. The summed E-state index contributed by atoms with van der Waals surface area (Å²) in [5.41, 5.74) is -0.600. The molecule has 0 saturated carbocycles. The summed E-state index contributed by atoms with van der Waals surface area (Å²) in [6.45, 7) is 8.37. The number of methoxy groups -OCH3 is 1. The van der Waals surface area contributed by atoms with Gasteiger partial charge in [0.1, 0.15) is 11.5 Å². The molecule has 1 heterocycles. The molecule has 1 aliphatic rings. The summed E-state index contributed by atoms with van der Waals surface area (Å²) < 4.78 is 9.92. The molecule has 1 aliphatic heterocycles. The third-order valence-corrected chi connectivity index (χ3v) is 3.55. The zero-order valence-electron chi connectivity index (χ0n) is 14.7. The number of esters is 1. The van der Waals surface area contributed by atoms with E-state index in [1.54, 1.807) is 32.6 Å². The number of hydrogen-bond acceptors (Lipinski definition) is 5. The van der Waals surface area contributed by atoms with Gasteiger partial charge in [-0.3, -0.25) is 9.59 Å². The molecular formula is C16H28N2O5. The fraction of sp³-hybridized carbons (Fsp3) is 0.812. The highest BCUT2D eigenvalue weighted by Crippen LogP contribution is 2.18. The molecular weight excluding hydrogens is 300 g/mol. The molecule has 1 saturated heterocycles. The zero-order chi connectivity index (χ0) is 17.6. The molecule has 132 valence electrons. The Morgan fingerprint density at radius 3 is 2.22 bits per heavy atom. The lowest BCUT2D eigenvalue weighted by molar-refractivity contribution is -0.154. The van der Waals surface area contributed by atoms with Crippen molar-refractivity contribution in [2.75, 3.05) is 20.2 Å². The molecule has 1 rings (SSSR count). The van der Waals surface area contributed by atoms with Crippen LogP contribution in [0.25, 0.3) is 0 Å². The van der Waals surface area contributed by atoms with Gasteiger partial charge in [0.05, 0.1) is 7.11 Å². The van der Waals surface area contributed by atoms with E-state index in [0.717, 1.165) is 12.8 Å². The van der Waals surface area contributed by atoms with Crippen molar-refractivity contribution in [3.8, 4) is 0 Å². The van der Waals surface area contributed by atoms with Crippen molar-refractivity contribution in [3.05, 3.63) is 0 Å². The van der Waals surface area contributed by atoms with E-state index in [9.17, 15) is 14.4 Å². The predicted molar refractivity (Wildman–Crippen MR) is 84.8 cm³/mol. The fourth-order valence-electron chi connectivity index (χ4n) is 2.52. The number of likely N-dealkylation sites (tertiary alicyclic amines) is 1. The average molecular weight is 328 g/mol. The topological polar surface area (TPSA) is 84.9 Å². The Hall–Kier alpha value is -1.79. The van der Waals surface area contributed by atoms with Crippen LogP contribution in [0.5, 0.6) is 0 Å². The van der Waals surface area contributed by atoms with E-state index in [-0.39, 0.29) is 18.4 Å². The maximum Gasteiger partial charge on any atom is 0.407 e. The highest BCUT2D eigenvalue weighted by atomic mass is 16.6. The molecule has 7 heteroatoms. The van der Waals surface area contributed by atoms with Gasteiger partial charge < -0.3 is 19.7 Å². The van der Waals surface area contributed by atoms with Gasteiger partial charge in [-0.2, -0.15) is 0 Å². The Morgan fingerprint density at radius 1 is 1.17 bits per heavy atom. The van der Waals surface area contributed by atoms with Crippen LogP contribution in [-0.2, 0) is 19.1 Å². The minimum Gasteiger partial charge on any atom is -0.468 e. The van der Waals surface area contributed by atoms with Gasteiger partial charge in [0.2, 0.25) is 5.91 Å². The lowest BCUT2D eigenvalue weighted by atomic mass is 9.99. The summed E-state index contributed by atoms with van der Waals surface area (Å²) in [6, 6.07) is -0.388. The molecule has 7 nitrogen and oxygen atoms in total. The van der Waals surface area contributed by atoms with Crippen molar-refractivity contribution in [1.82, 2.24) is 10.2 Å². The molecule has 0 aliphatic carbocycles. The van der Waals surface area contributed by atoms with E-state index in [1.165, 1.54) is 7.11 Å². The smallest absolute Gasteiger partial charge is 0.407 e. The number of ether oxygens (including phenoxy) is 2. The fourth-order valence-corrected chi connectivity index (χ4v) is 2.52. The first-order chi connectivity index (χ1) is 10.6. The number of nitrogens with one attached hydrogen (secondary N) is 1. The zero-order valence-corrected chi connectivity index (χ0v) is 14.7. The predicted octanol–water partition coefficient (Wildman–Crippen LogP) is 1.70. The molecule has 0 radical (unpaired) electrons. The van der Waals surface area contributed by atoms with Gasteiger partial charge in [0.25, 0.3) is 0 Å². The summed E-state index contributed by atoms with van der Waals surface area (Å²) in [5, 5.41) is 2.65. The van der Waals surface area contributed by atoms with Gasteiger partial charge in [-0.1, -0.05) is 0 Å². The third-order valence-electron chi connectivity index (χ3n) is 3.55. The van der Waals surface area contributed by atoms with Crippen LogP contribution in [0.3, 0.4) is 0 Å². The molecule has 1 fully saturated rings. The second-order valence-electron chi connectivity index (χ2n) is 6.89. The van der Waals surface area contributed by atoms with E-state index in [1.807, 2.05) is 0 Å². The minimum absolute atomic E-state index is 0.182. The highest BCUT2D eigenvalue weighted by molar-refractivity contribution is 5.97. The molecule has 2 atom stereocenters. The number of nitrogens with zero attached hydrogens (tertiary/aromatic N) is 1. The molecule has 0 aromatic rings. The Kier molecular flexibility index (Phi) is 6.84. The number of rotatable bonds is 5. The van der Waals surface area contributed by atoms with E-state index < -0.39 is 23.6 Å². The maximum absolute atomic E-state index is 12.5. The Morgan fingerprint density at radius 2 is 1.74 bits per heavy atom. The van der Waals surface area contributed by atoms with Gasteiger partial charge in [-0.25, -0.2) is 4.79 Å². The summed E-state index contributed by atoms with van der Waals surface area (Å²) in [6.07, 6.45) is 1.51. The summed E-state index contributed by atoms with van der Waals surface area (Å²) >= 11 is 0. The van der Waals surface area contributed by atoms with Crippen molar-refractivity contribution in [3.63, 3.8) is 0 Å². The standard InChI is InChI=1S/C16H28N2O5/c1-11(17-15(21)23-16(2,3)4)10-12(14(20)22-5)13(19)18-8-6-7-9-18/h11-12H,6-10H2,1-5H3,(H,17,21). The van der Waals surface area contributed by atoms with E-state index in [4.69, 9.17) is 9.47 Å². The van der Waals surface area contributed by atoms with Crippen molar-refractivity contribution in [1.29, 1.82) is 0 Å². The van der Waals surface area contributed by atoms with Crippen LogP contribution in [0.1, 0.15) is 47.0 Å². The van der Waals surface area contributed by atoms with Crippen molar-refractivity contribution in [2.45, 2.75) is 58.6 Å². The molecule has 2 unspecified atom stereocenters. The Labute approximate surface area is 137 Å². The van der Waals surface area contributed by atoms with Gasteiger partial charge in [0, 0.05) is 19.1 Å². The lowest BCUT2D eigenvalue weighted by Crippen LogP contribution is -2.44. The normalized spacial score (nSPS) is 17.3. The van der Waals surface area contributed by atoms with Crippen LogP contribution in [0.4, 0.5) is 4.79 Å².